The standard InChI is InChI=1S/C24H30N4O4/c1-2-32-23-9-5-4-8-22(23)26-14-16-27(17-15-26)24(29)20-18-19(28(30)31)10-11-21(20)25-12-6-3-7-13-25/h4-5,8-11,18H,2-3,6-7,12-17H2,1H3. The molecule has 2 aromatic carbocycles. The molecule has 0 spiro atoms. The van der Waals surface area contributed by atoms with Gasteiger partial charge in [0.1, 0.15) is 5.75 Å². The van der Waals surface area contributed by atoms with Crippen molar-refractivity contribution in [3.8, 4) is 5.75 Å². The third-order valence-corrected chi connectivity index (χ3v) is 6.19. The van der Waals surface area contributed by atoms with Crippen molar-refractivity contribution in [3.05, 3.63) is 58.1 Å². The SMILES string of the molecule is CCOc1ccccc1N1CCN(C(=O)c2cc([N+](=O)[O-])ccc2N2CCCCC2)CC1. The number of amides is 1. The van der Waals surface area contributed by atoms with E-state index in [0.29, 0.717) is 38.3 Å². The van der Waals surface area contributed by atoms with Gasteiger partial charge in [0, 0.05) is 51.4 Å². The molecule has 0 aromatic heterocycles. The van der Waals surface area contributed by atoms with Gasteiger partial charge in [-0.1, -0.05) is 12.1 Å². The zero-order valence-electron chi connectivity index (χ0n) is 18.5. The molecule has 0 unspecified atom stereocenters. The molecule has 2 saturated heterocycles. The first-order valence-electron chi connectivity index (χ1n) is 11.4. The van der Waals surface area contributed by atoms with Gasteiger partial charge in [-0.05, 0) is 44.4 Å². The second kappa shape index (κ2) is 9.89. The maximum absolute atomic E-state index is 13.5. The van der Waals surface area contributed by atoms with Crippen molar-refractivity contribution < 1.29 is 14.5 Å². The first kappa shape index (κ1) is 21.9. The number of nitro groups is 1. The molecule has 2 aromatic rings. The number of piperazine rings is 1. The van der Waals surface area contributed by atoms with Crippen LogP contribution in [0.5, 0.6) is 5.75 Å². The molecular weight excluding hydrogens is 408 g/mol. The lowest BCUT2D eigenvalue weighted by Gasteiger charge is -2.37. The molecule has 0 N–H and O–H groups in total. The first-order chi connectivity index (χ1) is 15.6. The van der Waals surface area contributed by atoms with E-state index in [4.69, 9.17) is 4.74 Å². The van der Waals surface area contributed by atoms with E-state index in [1.165, 1.54) is 18.6 Å². The summed E-state index contributed by atoms with van der Waals surface area (Å²) in [5.41, 5.74) is 2.23. The molecule has 2 aliphatic heterocycles. The van der Waals surface area contributed by atoms with Crippen molar-refractivity contribution in [3.63, 3.8) is 0 Å². The summed E-state index contributed by atoms with van der Waals surface area (Å²) in [6.45, 7) is 6.80. The molecule has 170 valence electrons. The van der Waals surface area contributed by atoms with E-state index in [9.17, 15) is 14.9 Å². The summed E-state index contributed by atoms with van der Waals surface area (Å²) < 4.78 is 5.76. The quantitative estimate of drug-likeness (QED) is 0.502. The van der Waals surface area contributed by atoms with Gasteiger partial charge in [0.05, 0.1) is 28.5 Å². The highest BCUT2D eigenvalue weighted by molar-refractivity contribution is 6.00. The molecule has 8 nitrogen and oxygen atoms in total. The number of non-ortho nitro benzene ring substituents is 1. The smallest absolute Gasteiger partial charge is 0.270 e. The Balaban J connectivity index is 1.52. The maximum Gasteiger partial charge on any atom is 0.270 e. The number of nitrogens with zero attached hydrogens (tertiary/aromatic N) is 4. The predicted octanol–water partition coefficient (Wildman–Crippen LogP) is 3.95. The minimum atomic E-state index is -0.431. The number of anilines is 2. The molecule has 2 heterocycles. The van der Waals surface area contributed by atoms with Crippen LogP contribution in [0.1, 0.15) is 36.5 Å². The summed E-state index contributed by atoms with van der Waals surface area (Å²) in [7, 11) is 0. The zero-order chi connectivity index (χ0) is 22.5. The Morgan fingerprint density at radius 2 is 1.62 bits per heavy atom. The molecule has 0 saturated carbocycles. The van der Waals surface area contributed by atoms with E-state index >= 15 is 0 Å². The summed E-state index contributed by atoms with van der Waals surface area (Å²) in [5.74, 6) is 0.716. The lowest BCUT2D eigenvalue weighted by Crippen LogP contribution is -2.49. The molecule has 4 rings (SSSR count). The van der Waals surface area contributed by atoms with Crippen molar-refractivity contribution in [1.82, 2.24) is 4.90 Å². The van der Waals surface area contributed by atoms with Crippen LogP contribution in [0.3, 0.4) is 0 Å². The predicted molar refractivity (Wildman–Crippen MR) is 125 cm³/mol. The summed E-state index contributed by atoms with van der Waals surface area (Å²) in [5, 5.41) is 11.4. The fourth-order valence-corrected chi connectivity index (χ4v) is 4.54. The molecule has 0 bridgehead atoms. The van der Waals surface area contributed by atoms with Crippen LogP contribution in [0.4, 0.5) is 17.1 Å². The van der Waals surface area contributed by atoms with Gasteiger partial charge in [0.2, 0.25) is 0 Å². The second-order valence-corrected chi connectivity index (χ2v) is 8.19. The largest absolute Gasteiger partial charge is 0.492 e. The Labute approximate surface area is 188 Å². The van der Waals surface area contributed by atoms with Crippen LogP contribution in [0.25, 0.3) is 0 Å². The number of nitro benzene ring substituents is 1. The number of ether oxygens (including phenoxy) is 1. The van der Waals surface area contributed by atoms with Crippen molar-refractivity contribution >= 4 is 23.0 Å². The van der Waals surface area contributed by atoms with E-state index in [2.05, 4.69) is 9.80 Å². The normalized spacial score (nSPS) is 16.7. The van der Waals surface area contributed by atoms with E-state index < -0.39 is 4.92 Å². The number of hydrogen-bond donors (Lipinski definition) is 0. The molecule has 0 radical (unpaired) electrons. The molecule has 0 atom stereocenters. The highest BCUT2D eigenvalue weighted by atomic mass is 16.6. The Kier molecular flexibility index (Phi) is 6.78. The average molecular weight is 439 g/mol. The lowest BCUT2D eigenvalue weighted by atomic mass is 10.0. The van der Waals surface area contributed by atoms with Crippen LogP contribution in [0.2, 0.25) is 0 Å². The van der Waals surface area contributed by atoms with Crippen molar-refractivity contribution in [2.45, 2.75) is 26.2 Å². The molecule has 8 heteroatoms. The number of rotatable bonds is 6. The van der Waals surface area contributed by atoms with Crippen LogP contribution < -0.4 is 14.5 Å². The highest BCUT2D eigenvalue weighted by Gasteiger charge is 2.28. The lowest BCUT2D eigenvalue weighted by molar-refractivity contribution is -0.384. The monoisotopic (exact) mass is 438 g/mol. The van der Waals surface area contributed by atoms with E-state index in [-0.39, 0.29) is 11.6 Å². The van der Waals surface area contributed by atoms with Crippen LogP contribution in [-0.4, -0.2) is 61.6 Å². The van der Waals surface area contributed by atoms with Crippen molar-refractivity contribution in [2.24, 2.45) is 0 Å². The third-order valence-electron chi connectivity index (χ3n) is 6.19. The number of hydrogen-bond acceptors (Lipinski definition) is 6. The van der Waals surface area contributed by atoms with Crippen LogP contribution in [-0.2, 0) is 0 Å². The molecule has 2 aliphatic rings. The summed E-state index contributed by atoms with van der Waals surface area (Å²) in [4.78, 5) is 30.7. The number of carbonyl (C=O) groups excluding carboxylic acids is 1. The van der Waals surface area contributed by atoms with Crippen LogP contribution in [0, 0.1) is 10.1 Å². The number of para-hydroxylation sites is 2. The first-order valence-corrected chi connectivity index (χ1v) is 11.4. The summed E-state index contributed by atoms with van der Waals surface area (Å²) >= 11 is 0. The van der Waals surface area contributed by atoms with E-state index in [0.717, 1.165) is 43.1 Å². The van der Waals surface area contributed by atoms with Gasteiger partial charge in [-0.3, -0.25) is 14.9 Å². The van der Waals surface area contributed by atoms with Gasteiger partial charge in [-0.15, -0.1) is 0 Å². The second-order valence-electron chi connectivity index (χ2n) is 8.19. The Bertz CT molecular complexity index is 966. The Hall–Kier alpha value is -3.29. The van der Waals surface area contributed by atoms with Crippen molar-refractivity contribution in [1.29, 1.82) is 0 Å². The van der Waals surface area contributed by atoms with Gasteiger partial charge in [0.15, 0.2) is 0 Å². The molecule has 0 aliphatic carbocycles. The fourth-order valence-electron chi connectivity index (χ4n) is 4.54. The average Bonchev–Trinajstić information content (AvgIpc) is 2.84. The molecule has 32 heavy (non-hydrogen) atoms. The maximum atomic E-state index is 13.5. The Morgan fingerprint density at radius 1 is 0.938 bits per heavy atom. The van der Waals surface area contributed by atoms with Crippen molar-refractivity contribution in [2.75, 3.05) is 55.7 Å². The topological polar surface area (TPSA) is 79.2 Å². The van der Waals surface area contributed by atoms with Gasteiger partial charge < -0.3 is 19.4 Å². The number of piperidine rings is 1. The number of carbonyl (C=O) groups is 1. The summed E-state index contributed by atoms with van der Waals surface area (Å²) in [6, 6.07) is 12.6. The van der Waals surface area contributed by atoms with E-state index in [1.54, 1.807) is 6.07 Å². The van der Waals surface area contributed by atoms with Gasteiger partial charge >= 0.3 is 0 Å². The molecule has 2 fully saturated rings. The third kappa shape index (κ3) is 4.64. The minimum absolute atomic E-state index is 0.0432. The van der Waals surface area contributed by atoms with Gasteiger partial charge in [-0.25, -0.2) is 0 Å². The van der Waals surface area contributed by atoms with Crippen LogP contribution in [0.15, 0.2) is 42.5 Å². The Morgan fingerprint density at radius 3 is 2.31 bits per heavy atom. The van der Waals surface area contributed by atoms with Crippen LogP contribution >= 0.6 is 0 Å². The number of benzene rings is 2. The van der Waals surface area contributed by atoms with Gasteiger partial charge in [0.25, 0.3) is 11.6 Å². The minimum Gasteiger partial charge on any atom is -0.492 e. The highest BCUT2D eigenvalue weighted by Crippen LogP contribution is 2.31. The zero-order valence-corrected chi connectivity index (χ0v) is 18.5. The molecule has 1 amide bonds. The fraction of sp³-hybridized carbons (Fsp3) is 0.458. The van der Waals surface area contributed by atoms with E-state index in [1.807, 2.05) is 36.1 Å². The molecular formula is C24H30N4O4. The summed E-state index contributed by atoms with van der Waals surface area (Å²) in [6.07, 6.45) is 3.32. The van der Waals surface area contributed by atoms with Gasteiger partial charge in [-0.2, -0.15) is 0 Å².